The highest BCUT2D eigenvalue weighted by Crippen LogP contribution is 2.23. The smallest absolute Gasteiger partial charge is 0.272 e. The van der Waals surface area contributed by atoms with Crippen molar-refractivity contribution in [3.8, 4) is 0 Å². The minimum atomic E-state index is -0.0639. The van der Waals surface area contributed by atoms with E-state index in [1.54, 1.807) is 6.33 Å². The summed E-state index contributed by atoms with van der Waals surface area (Å²) in [6.45, 7) is 5.33. The second-order valence-corrected chi connectivity index (χ2v) is 8.16. The van der Waals surface area contributed by atoms with E-state index in [9.17, 15) is 4.79 Å². The first-order valence-electron chi connectivity index (χ1n) is 10.5. The Morgan fingerprint density at radius 3 is 2.54 bits per heavy atom. The van der Waals surface area contributed by atoms with Gasteiger partial charge < -0.3 is 20.5 Å². The molecule has 2 aromatic rings. The first kappa shape index (κ1) is 19.2. The number of carbonyl (C=O) groups is 1. The van der Waals surface area contributed by atoms with Gasteiger partial charge in [0.2, 0.25) is 0 Å². The minimum absolute atomic E-state index is 0.0639. The summed E-state index contributed by atoms with van der Waals surface area (Å²) < 4.78 is 0. The minimum Gasteiger partial charge on any atom is -0.348 e. The number of likely N-dealkylation sites (tertiary alicyclic amines) is 1. The fraction of sp³-hybridized carbons (Fsp3) is 0.545. The maximum Gasteiger partial charge on any atom is 0.272 e. The van der Waals surface area contributed by atoms with Gasteiger partial charge in [-0.3, -0.25) is 4.79 Å². The summed E-state index contributed by atoms with van der Waals surface area (Å²) in [5.74, 6) is -0.0639. The molecule has 6 heteroatoms. The molecule has 1 aromatic heterocycles. The van der Waals surface area contributed by atoms with Crippen LogP contribution in [0.5, 0.6) is 0 Å². The number of aromatic nitrogens is 2. The predicted octanol–water partition coefficient (Wildman–Crippen LogP) is 2.28. The van der Waals surface area contributed by atoms with Crippen molar-refractivity contribution in [3.05, 3.63) is 53.6 Å². The number of benzene rings is 1. The van der Waals surface area contributed by atoms with Crippen molar-refractivity contribution >= 4 is 5.91 Å². The van der Waals surface area contributed by atoms with Crippen LogP contribution in [0.4, 0.5) is 0 Å². The molecule has 3 N–H and O–H groups in total. The molecule has 2 atom stereocenters. The van der Waals surface area contributed by atoms with Gasteiger partial charge in [-0.2, -0.15) is 0 Å². The highest BCUT2D eigenvalue weighted by Gasteiger charge is 2.34. The predicted molar refractivity (Wildman–Crippen MR) is 110 cm³/mol. The summed E-state index contributed by atoms with van der Waals surface area (Å²) >= 11 is 0. The van der Waals surface area contributed by atoms with E-state index in [4.69, 9.17) is 0 Å². The van der Waals surface area contributed by atoms with E-state index >= 15 is 0 Å². The fourth-order valence-electron chi connectivity index (χ4n) is 4.25. The number of amides is 1. The molecule has 2 aliphatic rings. The van der Waals surface area contributed by atoms with E-state index in [0.717, 1.165) is 44.6 Å². The van der Waals surface area contributed by atoms with Crippen molar-refractivity contribution in [1.82, 2.24) is 25.5 Å². The van der Waals surface area contributed by atoms with Gasteiger partial charge >= 0.3 is 0 Å². The first-order valence-corrected chi connectivity index (χ1v) is 10.5. The Hall–Kier alpha value is -2.18. The number of nitrogens with zero attached hydrogens (tertiary/aromatic N) is 2. The molecule has 1 saturated heterocycles. The van der Waals surface area contributed by atoms with Gasteiger partial charge in [0.1, 0.15) is 5.69 Å². The third kappa shape index (κ3) is 4.62. The zero-order valence-corrected chi connectivity index (χ0v) is 16.7. The monoisotopic (exact) mass is 381 g/mol. The number of aryl methyl sites for hydroxylation is 1. The van der Waals surface area contributed by atoms with Gasteiger partial charge in [-0.1, -0.05) is 30.3 Å². The van der Waals surface area contributed by atoms with E-state index < -0.39 is 0 Å². The molecule has 0 spiro atoms. The normalized spacial score (nSPS) is 23.3. The fourth-order valence-corrected chi connectivity index (χ4v) is 4.25. The Morgan fingerprint density at radius 1 is 1.14 bits per heavy atom. The van der Waals surface area contributed by atoms with Crippen molar-refractivity contribution in [2.45, 2.75) is 57.2 Å². The lowest BCUT2D eigenvalue weighted by Crippen LogP contribution is -2.60. The standard InChI is InChI=1S/C22H31N5O/c1-16-21(24-15-23-16)22(28)26-20-8-7-19(20)25-18-10-13-27(14-11-18)12-9-17-5-3-2-4-6-17/h2-6,15,18-20,25H,7-14H2,1H3,(H,23,24)(H,26,28)/t19-,20+/m1/s1. The summed E-state index contributed by atoms with van der Waals surface area (Å²) in [6.07, 6.45) is 7.25. The van der Waals surface area contributed by atoms with Crippen molar-refractivity contribution in [3.63, 3.8) is 0 Å². The van der Waals surface area contributed by atoms with Gasteiger partial charge in [0.05, 0.1) is 6.33 Å². The third-order valence-electron chi connectivity index (χ3n) is 6.23. The van der Waals surface area contributed by atoms with Crippen LogP contribution in [0.3, 0.4) is 0 Å². The van der Waals surface area contributed by atoms with Crippen LogP contribution in [0.15, 0.2) is 36.7 Å². The number of hydrogen-bond donors (Lipinski definition) is 3. The summed E-state index contributed by atoms with van der Waals surface area (Å²) in [5, 5.41) is 6.95. The summed E-state index contributed by atoms with van der Waals surface area (Å²) in [7, 11) is 0. The maximum atomic E-state index is 12.4. The first-order chi connectivity index (χ1) is 13.7. The Kier molecular flexibility index (Phi) is 6.07. The number of imidazole rings is 1. The third-order valence-corrected chi connectivity index (χ3v) is 6.23. The average Bonchev–Trinajstić information content (AvgIpc) is 3.15. The quantitative estimate of drug-likeness (QED) is 0.688. The molecule has 0 bridgehead atoms. The van der Waals surface area contributed by atoms with Crippen LogP contribution < -0.4 is 10.6 Å². The SMILES string of the molecule is Cc1[nH]cnc1C(=O)N[C@H]1CC[C@H]1NC1CCN(CCc2ccccc2)CC1. The number of piperidine rings is 1. The molecule has 1 aliphatic heterocycles. The van der Waals surface area contributed by atoms with E-state index in [0.29, 0.717) is 17.8 Å². The number of H-pyrrole nitrogens is 1. The maximum absolute atomic E-state index is 12.4. The molecular formula is C22H31N5O. The molecular weight excluding hydrogens is 350 g/mol. The van der Waals surface area contributed by atoms with Gasteiger partial charge in [-0.15, -0.1) is 0 Å². The van der Waals surface area contributed by atoms with Gasteiger partial charge in [-0.05, 0) is 57.7 Å². The lowest BCUT2D eigenvalue weighted by Gasteiger charge is -2.42. The largest absolute Gasteiger partial charge is 0.348 e. The highest BCUT2D eigenvalue weighted by molar-refractivity contribution is 5.93. The molecule has 150 valence electrons. The zero-order chi connectivity index (χ0) is 19.3. The molecule has 1 saturated carbocycles. The highest BCUT2D eigenvalue weighted by atomic mass is 16.2. The molecule has 4 rings (SSSR count). The number of nitrogens with one attached hydrogen (secondary N) is 3. The Labute approximate surface area is 167 Å². The Bertz CT molecular complexity index is 766. The van der Waals surface area contributed by atoms with Crippen LogP contribution in [0.1, 0.15) is 47.4 Å². The topological polar surface area (TPSA) is 73.0 Å². The van der Waals surface area contributed by atoms with Gasteiger partial charge in [0, 0.05) is 30.4 Å². The van der Waals surface area contributed by atoms with E-state index in [-0.39, 0.29) is 11.9 Å². The molecule has 1 aliphatic carbocycles. The molecule has 2 fully saturated rings. The molecule has 1 aromatic carbocycles. The average molecular weight is 382 g/mol. The number of aromatic amines is 1. The van der Waals surface area contributed by atoms with Crippen LogP contribution >= 0.6 is 0 Å². The summed E-state index contributed by atoms with van der Waals surface area (Å²) in [6, 6.07) is 11.9. The van der Waals surface area contributed by atoms with Crippen LogP contribution in [-0.4, -0.2) is 58.5 Å². The van der Waals surface area contributed by atoms with Crippen molar-refractivity contribution in [2.75, 3.05) is 19.6 Å². The second kappa shape index (κ2) is 8.88. The van der Waals surface area contributed by atoms with Crippen LogP contribution in [-0.2, 0) is 6.42 Å². The molecule has 2 heterocycles. The molecule has 28 heavy (non-hydrogen) atoms. The number of rotatable bonds is 7. The number of hydrogen-bond acceptors (Lipinski definition) is 4. The molecule has 6 nitrogen and oxygen atoms in total. The molecule has 1 amide bonds. The van der Waals surface area contributed by atoms with Crippen LogP contribution in [0, 0.1) is 6.92 Å². The number of carbonyl (C=O) groups excluding carboxylic acids is 1. The summed E-state index contributed by atoms with van der Waals surface area (Å²) in [4.78, 5) is 22.0. The second-order valence-electron chi connectivity index (χ2n) is 8.16. The van der Waals surface area contributed by atoms with Crippen LogP contribution in [0.2, 0.25) is 0 Å². The summed E-state index contributed by atoms with van der Waals surface area (Å²) in [5.41, 5.74) is 2.75. The lowest BCUT2D eigenvalue weighted by molar-refractivity contribution is 0.0874. The van der Waals surface area contributed by atoms with E-state index in [1.807, 2.05) is 6.92 Å². The Morgan fingerprint density at radius 2 is 1.89 bits per heavy atom. The van der Waals surface area contributed by atoms with Crippen LogP contribution in [0.25, 0.3) is 0 Å². The van der Waals surface area contributed by atoms with Gasteiger partial charge in [0.15, 0.2) is 0 Å². The molecule has 0 unspecified atom stereocenters. The van der Waals surface area contributed by atoms with Crippen molar-refractivity contribution in [1.29, 1.82) is 0 Å². The van der Waals surface area contributed by atoms with Gasteiger partial charge in [-0.25, -0.2) is 4.98 Å². The van der Waals surface area contributed by atoms with Crippen molar-refractivity contribution in [2.24, 2.45) is 0 Å². The Balaban J connectivity index is 1.18. The van der Waals surface area contributed by atoms with Gasteiger partial charge in [0.25, 0.3) is 5.91 Å². The molecule has 0 radical (unpaired) electrons. The zero-order valence-electron chi connectivity index (χ0n) is 16.7. The van der Waals surface area contributed by atoms with Crippen molar-refractivity contribution < 1.29 is 4.79 Å². The van der Waals surface area contributed by atoms with E-state index in [1.165, 1.54) is 18.4 Å². The lowest BCUT2D eigenvalue weighted by atomic mass is 9.85. The van der Waals surface area contributed by atoms with E-state index in [2.05, 4.69) is 55.8 Å².